The third kappa shape index (κ3) is 4.59. The predicted octanol–water partition coefficient (Wildman–Crippen LogP) is 6.01. The van der Waals surface area contributed by atoms with Crippen molar-refractivity contribution in [1.82, 2.24) is 9.55 Å². The number of aromatic nitrogens is 2. The standard InChI is InChI=1S/C30H26N4O2S/c1-3-30-32-28-18-17-25(33(2)37(35,36)26-10-5-4-6-11-26)19-29(28)34(30)21-22-13-15-23(16-14-22)27-12-8-7-9-24(27)20-31/h4-19H,3,21H2,1-2H3. The van der Waals surface area contributed by atoms with Crippen LogP contribution in [0.2, 0.25) is 0 Å². The summed E-state index contributed by atoms with van der Waals surface area (Å²) in [5.41, 5.74) is 5.90. The Labute approximate surface area is 217 Å². The molecule has 0 N–H and O–H groups in total. The lowest BCUT2D eigenvalue weighted by molar-refractivity contribution is 0.594. The van der Waals surface area contributed by atoms with Crippen molar-refractivity contribution in [2.75, 3.05) is 11.4 Å². The van der Waals surface area contributed by atoms with Gasteiger partial charge in [0, 0.05) is 20.0 Å². The molecule has 7 heteroatoms. The molecule has 0 bridgehead atoms. The smallest absolute Gasteiger partial charge is 0.264 e. The minimum absolute atomic E-state index is 0.249. The van der Waals surface area contributed by atoms with Crippen LogP contribution in [-0.4, -0.2) is 25.0 Å². The summed E-state index contributed by atoms with van der Waals surface area (Å²) >= 11 is 0. The summed E-state index contributed by atoms with van der Waals surface area (Å²) < 4.78 is 29.8. The largest absolute Gasteiger partial charge is 0.323 e. The number of sulfonamides is 1. The van der Waals surface area contributed by atoms with Gasteiger partial charge < -0.3 is 4.57 Å². The zero-order valence-electron chi connectivity index (χ0n) is 20.7. The quantitative estimate of drug-likeness (QED) is 0.271. The maximum absolute atomic E-state index is 13.2. The normalized spacial score (nSPS) is 11.4. The maximum atomic E-state index is 13.2. The highest BCUT2D eigenvalue weighted by molar-refractivity contribution is 7.92. The molecule has 1 aromatic heterocycles. The number of fused-ring (bicyclic) bond motifs is 1. The Morgan fingerprint density at radius 1 is 0.919 bits per heavy atom. The van der Waals surface area contributed by atoms with Crippen LogP contribution in [0.4, 0.5) is 5.69 Å². The van der Waals surface area contributed by atoms with E-state index in [0.29, 0.717) is 17.8 Å². The van der Waals surface area contributed by atoms with Crippen LogP contribution in [-0.2, 0) is 23.0 Å². The first-order valence-electron chi connectivity index (χ1n) is 12.0. The topological polar surface area (TPSA) is 79.0 Å². The summed E-state index contributed by atoms with van der Waals surface area (Å²) in [4.78, 5) is 5.04. The van der Waals surface area contributed by atoms with Crippen LogP contribution in [0.5, 0.6) is 0 Å². The van der Waals surface area contributed by atoms with E-state index in [4.69, 9.17) is 4.98 Å². The number of hydrogen-bond donors (Lipinski definition) is 0. The van der Waals surface area contributed by atoms with E-state index in [2.05, 4.69) is 29.7 Å². The Morgan fingerprint density at radius 3 is 2.32 bits per heavy atom. The number of rotatable bonds is 7. The Kier molecular flexibility index (Phi) is 6.51. The van der Waals surface area contributed by atoms with Crippen molar-refractivity contribution in [2.45, 2.75) is 24.8 Å². The van der Waals surface area contributed by atoms with Gasteiger partial charge in [0.2, 0.25) is 0 Å². The Bertz CT molecular complexity index is 1720. The second-order valence-electron chi connectivity index (χ2n) is 8.78. The molecule has 0 radical (unpaired) electrons. The lowest BCUT2D eigenvalue weighted by atomic mass is 9.99. The average molecular weight is 507 g/mol. The van der Waals surface area contributed by atoms with Crippen molar-refractivity contribution in [3.05, 3.63) is 114 Å². The molecule has 5 aromatic rings. The molecule has 5 rings (SSSR count). The highest BCUT2D eigenvalue weighted by atomic mass is 32.2. The van der Waals surface area contributed by atoms with E-state index in [1.807, 2.05) is 48.5 Å². The molecule has 4 aromatic carbocycles. The Morgan fingerprint density at radius 2 is 1.62 bits per heavy atom. The van der Waals surface area contributed by atoms with Crippen molar-refractivity contribution >= 4 is 26.7 Å². The van der Waals surface area contributed by atoms with Crippen LogP contribution in [0.25, 0.3) is 22.2 Å². The highest BCUT2D eigenvalue weighted by Crippen LogP contribution is 2.28. The van der Waals surface area contributed by atoms with Crippen molar-refractivity contribution in [1.29, 1.82) is 5.26 Å². The van der Waals surface area contributed by atoms with E-state index in [9.17, 15) is 13.7 Å². The van der Waals surface area contributed by atoms with E-state index < -0.39 is 10.0 Å². The van der Waals surface area contributed by atoms with E-state index in [1.54, 1.807) is 43.4 Å². The molecule has 6 nitrogen and oxygen atoms in total. The summed E-state index contributed by atoms with van der Waals surface area (Å²) in [7, 11) is -2.12. The van der Waals surface area contributed by atoms with Gasteiger partial charge in [-0.2, -0.15) is 5.26 Å². The number of nitrogens with zero attached hydrogens (tertiary/aromatic N) is 4. The SMILES string of the molecule is CCc1nc2ccc(N(C)S(=O)(=O)c3ccccc3)cc2n1Cc1ccc(-c2ccccc2C#N)cc1. The average Bonchev–Trinajstić information content (AvgIpc) is 3.30. The van der Waals surface area contributed by atoms with Gasteiger partial charge in [-0.05, 0) is 53.1 Å². The molecule has 1 heterocycles. The third-order valence-corrected chi connectivity index (χ3v) is 8.35. The fourth-order valence-corrected chi connectivity index (χ4v) is 5.71. The van der Waals surface area contributed by atoms with Gasteiger partial charge in [-0.15, -0.1) is 0 Å². The van der Waals surface area contributed by atoms with Gasteiger partial charge in [-0.25, -0.2) is 13.4 Å². The van der Waals surface area contributed by atoms with Gasteiger partial charge in [0.05, 0.1) is 33.2 Å². The molecule has 37 heavy (non-hydrogen) atoms. The maximum Gasteiger partial charge on any atom is 0.264 e. The van der Waals surface area contributed by atoms with Crippen molar-refractivity contribution in [3.8, 4) is 17.2 Å². The molecule has 0 unspecified atom stereocenters. The number of anilines is 1. The lowest BCUT2D eigenvalue weighted by Crippen LogP contribution is -2.26. The van der Waals surface area contributed by atoms with Crippen LogP contribution in [0.1, 0.15) is 23.9 Å². The van der Waals surface area contributed by atoms with E-state index in [1.165, 1.54) is 4.31 Å². The first-order chi connectivity index (χ1) is 17.9. The Hall–Kier alpha value is -4.41. The number of imidazole rings is 1. The number of aryl methyl sites for hydroxylation is 1. The molecule has 184 valence electrons. The van der Waals surface area contributed by atoms with Crippen LogP contribution < -0.4 is 4.31 Å². The molecule has 0 aliphatic carbocycles. The molecule has 0 aliphatic heterocycles. The van der Waals surface area contributed by atoms with Crippen LogP contribution >= 0.6 is 0 Å². The van der Waals surface area contributed by atoms with E-state index in [0.717, 1.165) is 40.0 Å². The van der Waals surface area contributed by atoms with Crippen LogP contribution in [0.3, 0.4) is 0 Å². The van der Waals surface area contributed by atoms with Gasteiger partial charge in [-0.3, -0.25) is 4.31 Å². The van der Waals surface area contributed by atoms with Crippen molar-refractivity contribution in [3.63, 3.8) is 0 Å². The van der Waals surface area contributed by atoms with Gasteiger partial charge in [0.1, 0.15) is 5.82 Å². The number of nitriles is 1. The zero-order chi connectivity index (χ0) is 26.0. The van der Waals surface area contributed by atoms with Gasteiger partial charge >= 0.3 is 0 Å². The van der Waals surface area contributed by atoms with Crippen LogP contribution in [0, 0.1) is 11.3 Å². The monoisotopic (exact) mass is 506 g/mol. The van der Waals surface area contributed by atoms with Gasteiger partial charge in [-0.1, -0.05) is 67.6 Å². The molecule has 0 saturated carbocycles. The second kappa shape index (κ2) is 9.92. The Balaban J connectivity index is 1.49. The molecule has 0 fully saturated rings. The first kappa shape index (κ1) is 24.3. The van der Waals surface area contributed by atoms with Gasteiger partial charge in [0.25, 0.3) is 10.0 Å². The third-order valence-electron chi connectivity index (χ3n) is 6.55. The summed E-state index contributed by atoms with van der Waals surface area (Å²) in [5, 5.41) is 9.44. The second-order valence-corrected chi connectivity index (χ2v) is 10.7. The van der Waals surface area contributed by atoms with E-state index in [-0.39, 0.29) is 4.90 Å². The minimum atomic E-state index is -3.69. The molecule has 0 amide bonds. The zero-order valence-corrected chi connectivity index (χ0v) is 21.5. The molecule has 0 saturated heterocycles. The van der Waals surface area contributed by atoms with Gasteiger partial charge in [0.15, 0.2) is 0 Å². The molecule has 0 atom stereocenters. The number of hydrogen-bond acceptors (Lipinski definition) is 4. The molecule has 0 aliphatic rings. The summed E-state index contributed by atoms with van der Waals surface area (Å²) in [5.74, 6) is 0.930. The number of benzene rings is 4. The van der Waals surface area contributed by atoms with E-state index >= 15 is 0 Å². The summed E-state index contributed by atoms with van der Waals surface area (Å²) in [6.45, 7) is 2.66. The summed E-state index contributed by atoms with van der Waals surface area (Å²) in [6, 6.07) is 32.0. The predicted molar refractivity (Wildman–Crippen MR) is 147 cm³/mol. The van der Waals surface area contributed by atoms with Crippen molar-refractivity contribution < 1.29 is 8.42 Å². The fourth-order valence-electron chi connectivity index (χ4n) is 4.50. The first-order valence-corrected chi connectivity index (χ1v) is 13.5. The minimum Gasteiger partial charge on any atom is -0.323 e. The molecular formula is C30H26N4O2S. The lowest BCUT2D eigenvalue weighted by Gasteiger charge is -2.20. The van der Waals surface area contributed by atoms with Crippen molar-refractivity contribution in [2.24, 2.45) is 0 Å². The highest BCUT2D eigenvalue weighted by Gasteiger charge is 2.22. The van der Waals surface area contributed by atoms with Crippen LogP contribution in [0.15, 0.2) is 102 Å². The fraction of sp³-hybridized carbons (Fsp3) is 0.133. The molecule has 0 spiro atoms. The summed E-state index contributed by atoms with van der Waals surface area (Å²) in [6.07, 6.45) is 0.746. The molecular weight excluding hydrogens is 480 g/mol.